The molecule has 1 fully saturated rings. The molecule has 0 unspecified atom stereocenters. The molecule has 0 atom stereocenters. The number of aromatic nitrogens is 1. The number of methoxy groups -OCH3 is 1. The van der Waals surface area contributed by atoms with Crippen LogP contribution in [0.5, 0.6) is 11.6 Å². The molecule has 3 N–H and O–H groups in total. The Hall–Kier alpha value is -3.43. The maximum Gasteiger partial charge on any atom is 0.257 e. The number of hydrogen-bond acceptors (Lipinski definition) is 7. The Balaban J connectivity index is 1.60. The van der Waals surface area contributed by atoms with E-state index in [9.17, 15) is 19.5 Å². The molecule has 33 heavy (non-hydrogen) atoms. The van der Waals surface area contributed by atoms with Gasteiger partial charge in [-0.15, -0.1) is 0 Å². The van der Waals surface area contributed by atoms with Crippen LogP contribution in [0.1, 0.15) is 34.3 Å². The van der Waals surface area contributed by atoms with Crippen LogP contribution in [0.3, 0.4) is 0 Å². The summed E-state index contributed by atoms with van der Waals surface area (Å²) in [5.41, 5.74) is 2.08. The summed E-state index contributed by atoms with van der Waals surface area (Å²) in [5.74, 6) is -0.191. The second kappa shape index (κ2) is 10.0. The molecule has 1 saturated carbocycles. The zero-order valence-corrected chi connectivity index (χ0v) is 18.3. The van der Waals surface area contributed by atoms with Crippen LogP contribution in [0, 0.1) is 11.7 Å². The number of aliphatic hydroxyl groups is 1. The molecule has 1 amide bonds. The molecule has 0 radical (unpaired) electrons. The lowest BCUT2D eigenvalue weighted by atomic mass is 10.0. The Bertz CT molecular complexity index is 1100. The maximum absolute atomic E-state index is 14.0. The summed E-state index contributed by atoms with van der Waals surface area (Å²) in [6.45, 7) is 0.512. The number of nitrogens with one attached hydrogen (secondary N) is 1. The molecule has 0 bridgehead atoms. The van der Waals surface area contributed by atoms with E-state index in [1.54, 1.807) is 24.3 Å². The second-order valence-corrected chi connectivity index (χ2v) is 8.00. The van der Waals surface area contributed by atoms with E-state index >= 15 is 0 Å². The molecule has 2 aliphatic rings. The summed E-state index contributed by atoms with van der Waals surface area (Å²) in [7, 11) is 1.39. The number of benzene rings is 1. The van der Waals surface area contributed by atoms with Gasteiger partial charge < -0.3 is 19.9 Å². The van der Waals surface area contributed by atoms with Gasteiger partial charge in [-0.05, 0) is 42.5 Å². The fourth-order valence-electron chi connectivity index (χ4n) is 3.53. The molecular formula is C24H26FN3O5. The third-order valence-corrected chi connectivity index (χ3v) is 5.52. The van der Waals surface area contributed by atoms with Crippen LogP contribution in [-0.4, -0.2) is 53.1 Å². The lowest BCUT2D eigenvalue weighted by molar-refractivity contribution is -0.0178. The highest BCUT2D eigenvalue weighted by Gasteiger charge is 2.25. The number of rotatable bonds is 9. The fourth-order valence-corrected chi connectivity index (χ4v) is 3.53. The third-order valence-electron chi connectivity index (χ3n) is 5.52. The Morgan fingerprint density at radius 1 is 1.33 bits per heavy atom. The number of halogens is 1. The average molecular weight is 455 g/mol. The van der Waals surface area contributed by atoms with Crippen molar-refractivity contribution in [1.29, 1.82) is 0 Å². The van der Waals surface area contributed by atoms with E-state index in [0.29, 0.717) is 34.9 Å². The van der Waals surface area contributed by atoms with Crippen LogP contribution in [-0.2, 0) is 6.54 Å². The van der Waals surface area contributed by atoms with Crippen LogP contribution in [0.25, 0.3) is 5.70 Å². The largest absolute Gasteiger partial charge is 0.494 e. The minimum absolute atomic E-state index is 0.0888. The first kappa shape index (κ1) is 22.8. The van der Waals surface area contributed by atoms with E-state index in [2.05, 4.69) is 10.3 Å². The number of amides is 1. The Labute approximate surface area is 190 Å². The van der Waals surface area contributed by atoms with E-state index < -0.39 is 11.7 Å². The third kappa shape index (κ3) is 5.32. The molecule has 9 heteroatoms. The zero-order valence-electron chi connectivity index (χ0n) is 18.3. The summed E-state index contributed by atoms with van der Waals surface area (Å²) >= 11 is 0. The predicted octanol–water partition coefficient (Wildman–Crippen LogP) is 2.91. The van der Waals surface area contributed by atoms with Crippen LogP contribution in [0.2, 0.25) is 0 Å². The van der Waals surface area contributed by atoms with Crippen molar-refractivity contribution < 1.29 is 29.0 Å². The highest BCUT2D eigenvalue weighted by atomic mass is 19.1. The number of carbonyl (C=O) groups excluding carboxylic acids is 1. The molecule has 174 valence electrons. The van der Waals surface area contributed by atoms with Crippen molar-refractivity contribution >= 4 is 11.6 Å². The smallest absolute Gasteiger partial charge is 0.257 e. The number of aliphatic hydroxyl groups excluding tert-OH is 1. The average Bonchev–Trinajstić information content (AvgIpc) is 3.65. The van der Waals surface area contributed by atoms with Gasteiger partial charge in [0, 0.05) is 23.9 Å². The second-order valence-electron chi connectivity index (χ2n) is 8.00. The summed E-state index contributed by atoms with van der Waals surface area (Å²) in [6, 6.07) is 6.04. The molecule has 0 spiro atoms. The van der Waals surface area contributed by atoms with Crippen LogP contribution < -0.4 is 14.8 Å². The number of nitrogens with zero attached hydrogens (tertiary/aromatic N) is 2. The van der Waals surface area contributed by atoms with Gasteiger partial charge in [-0.2, -0.15) is 0 Å². The van der Waals surface area contributed by atoms with E-state index in [-0.39, 0.29) is 36.9 Å². The van der Waals surface area contributed by atoms with Crippen LogP contribution in [0.15, 0.2) is 48.2 Å². The number of hydroxylamine groups is 2. The molecule has 1 aliphatic heterocycles. The SMILES string of the molecule is COc1ccc(CNC(=O)c2cc(C3=C(CO)C=CCN3O)cnc2OCC2CC2)cc1F. The monoisotopic (exact) mass is 455 g/mol. The van der Waals surface area contributed by atoms with Crippen molar-refractivity contribution in [2.75, 3.05) is 26.9 Å². The molecule has 4 rings (SSSR count). The number of carbonyl (C=O) groups is 1. The van der Waals surface area contributed by atoms with Gasteiger partial charge >= 0.3 is 0 Å². The summed E-state index contributed by atoms with van der Waals surface area (Å²) in [6.07, 6.45) is 7.11. The number of hydrogen-bond donors (Lipinski definition) is 3. The Kier molecular flexibility index (Phi) is 6.90. The highest BCUT2D eigenvalue weighted by molar-refractivity contribution is 5.97. The van der Waals surface area contributed by atoms with Crippen molar-refractivity contribution in [3.05, 3.63) is 70.7 Å². The van der Waals surface area contributed by atoms with Gasteiger partial charge in [0.05, 0.1) is 32.6 Å². The summed E-state index contributed by atoms with van der Waals surface area (Å²) < 4.78 is 24.7. The molecule has 0 saturated heterocycles. The van der Waals surface area contributed by atoms with Crippen molar-refractivity contribution in [2.45, 2.75) is 19.4 Å². The normalized spacial score (nSPS) is 15.6. The predicted molar refractivity (Wildman–Crippen MR) is 118 cm³/mol. The maximum atomic E-state index is 14.0. The van der Waals surface area contributed by atoms with Crippen molar-refractivity contribution in [2.24, 2.45) is 5.92 Å². The minimum Gasteiger partial charge on any atom is -0.494 e. The van der Waals surface area contributed by atoms with Gasteiger partial charge in [0.25, 0.3) is 5.91 Å². The quantitative estimate of drug-likeness (QED) is 0.534. The highest BCUT2D eigenvalue weighted by Crippen LogP contribution is 2.32. The lowest BCUT2D eigenvalue weighted by Crippen LogP contribution is -2.26. The van der Waals surface area contributed by atoms with Crippen molar-refractivity contribution in [3.63, 3.8) is 0 Å². The van der Waals surface area contributed by atoms with E-state index in [4.69, 9.17) is 9.47 Å². The minimum atomic E-state index is -0.516. The Morgan fingerprint density at radius 3 is 2.85 bits per heavy atom. The van der Waals surface area contributed by atoms with E-state index in [1.807, 2.05) is 0 Å². The van der Waals surface area contributed by atoms with Gasteiger partial charge in [-0.25, -0.2) is 9.37 Å². The van der Waals surface area contributed by atoms with Gasteiger partial charge in [-0.3, -0.25) is 15.1 Å². The Morgan fingerprint density at radius 2 is 2.15 bits per heavy atom. The van der Waals surface area contributed by atoms with E-state index in [0.717, 1.165) is 17.9 Å². The van der Waals surface area contributed by atoms with Gasteiger partial charge in [0.2, 0.25) is 5.88 Å². The van der Waals surface area contributed by atoms with Gasteiger partial charge in [-0.1, -0.05) is 18.2 Å². The molecule has 1 aromatic carbocycles. The molecule has 2 heterocycles. The lowest BCUT2D eigenvalue weighted by Gasteiger charge is -2.25. The number of pyridine rings is 1. The first-order chi connectivity index (χ1) is 16.0. The van der Waals surface area contributed by atoms with Gasteiger partial charge in [0.1, 0.15) is 5.56 Å². The molecule has 8 nitrogen and oxygen atoms in total. The molecule has 1 aromatic heterocycles. The fraction of sp³-hybridized carbons (Fsp3) is 0.333. The molecule has 2 aromatic rings. The summed E-state index contributed by atoms with van der Waals surface area (Å²) in [5, 5.41) is 23.8. The van der Waals surface area contributed by atoms with Crippen LogP contribution in [0.4, 0.5) is 4.39 Å². The van der Waals surface area contributed by atoms with E-state index in [1.165, 1.54) is 25.4 Å². The first-order valence-corrected chi connectivity index (χ1v) is 10.7. The topological polar surface area (TPSA) is 104 Å². The van der Waals surface area contributed by atoms with Crippen molar-refractivity contribution in [1.82, 2.24) is 15.4 Å². The number of ether oxygens (including phenoxy) is 2. The zero-order chi connectivity index (χ0) is 23.4. The van der Waals surface area contributed by atoms with Crippen molar-refractivity contribution in [3.8, 4) is 11.6 Å². The molecular weight excluding hydrogens is 429 g/mol. The van der Waals surface area contributed by atoms with Crippen LogP contribution >= 0.6 is 0 Å². The van der Waals surface area contributed by atoms with Gasteiger partial charge in [0.15, 0.2) is 11.6 Å². The molecule has 1 aliphatic carbocycles. The standard InChI is InChI=1S/C24H26FN3O5/c1-32-21-7-6-16(9-20(21)25)11-26-23(30)19-10-18(12-27-24(19)33-14-15-4-5-15)22-17(13-29)3-2-8-28(22)31/h2-3,6-7,9-10,12,15,29,31H,4-5,8,11,13-14H2,1H3,(H,26,30). The summed E-state index contributed by atoms with van der Waals surface area (Å²) in [4.78, 5) is 17.4. The first-order valence-electron chi connectivity index (χ1n) is 10.7.